The van der Waals surface area contributed by atoms with Crippen LogP contribution in [0.1, 0.15) is 51.9 Å². The molecule has 18 heavy (non-hydrogen) atoms. The van der Waals surface area contributed by atoms with Crippen molar-refractivity contribution in [3.63, 3.8) is 0 Å². The van der Waals surface area contributed by atoms with E-state index in [4.69, 9.17) is 0 Å². The van der Waals surface area contributed by atoms with Gasteiger partial charge in [-0.1, -0.05) is 45.1 Å². The van der Waals surface area contributed by atoms with Gasteiger partial charge < -0.3 is 5.11 Å². The van der Waals surface area contributed by atoms with E-state index in [1.54, 1.807) is 17.1 Å². The van der Waals surface area contributed by atoms with Gasteiger partial charge in [-0.15, -0.1) is 6.58 Å². The Morgan fingerprint density at radius 3 is 2.72 bits per heavy atom. The summed E-state index contributed by atoms with van der Waals surface area (Å²) in [5.74, 6) is 0. The molecule has 0 aliphatic carbocycles. The number of aromatic nitrogens is 3. The lowest BCUT2D eigenvalue weighted by Crippen LogP contribution is -2.34. The molecular weight excluding hydrogens is 226 g/mol. The van der Waals surface area contributed by atoms with E-state index in [9.17, 15) is 5.11 Å². The fourth-order valence-electron chi connectivity index (χ4n) is 2.19. The minimum Gasteiger partial charge on any atom is -0.388 e. The molecular formula is C14H25N3O. The Bertz CT molecular complexity index is 324. The van der Waals surface area contributed by atoms with Gasteiger partial charge in [0.25, 0.3) is 0 Å². The van der Waals surface area contributed by atoms with Crippen molar-refractivity contribution in [1.82, 2.24) is 14.8 Å². The second kappa shape index (κ2) is 8.03. The molecule has 102 valence electrons. The van der Waals surface area contributed by atoms with Crippen LogP contribution < -0.4 is 0 Å². The summed E-state index contributed by atoms with van der Waals surface area (Å²) in [6.07, 6.45) is 12.3. The van der Waals surface area contributed by atoms with E-state index < -0.39 is 5.60 Å². The van der Waals surface area contributed by atoms with Crippen LogP contribution in [0.4, 0.5) is 0 Å². The van der Waals surface area contributed by atoms with Crippen molar-refractivity contribution in [3.8, 4) is 0 Å². The first kappa shape index (κ1) is 14.9. The standard InChI is InChI=1S/C14H25N3O/c1-3-5-6-7-8-10-14(18,9-4-2)11-17-13-15-12-16-17/h4,12-13,18H,2-3,5-11H2,1H3. The molecule has 0 spiro atoms. The topological polar surface area (TPSA) is 50.9 Å². The molecule has 0 radical (unpaired) electrons. The third kappa shape index (κ3) is 5.45. The normalized spacial score (nSPS) is 14.3. The van der Waals surface area contributed by atoms with Crippen LogP contribution in [0.2, 0.25) is 0 Å². The molecule has 1 unspecified atom stereocenters. The molecule has 0 aromatic carbocycles. The molecule has 4 heteroatoms. The van der Waals surface area contributed by atoms with Crippen LogP contribution in [0.5, 0.6) is 0 Å². The highest BCUT2D eigenvalue weighted by molar-refractivity contribution is 4.86. The van der Waals surface area contributed by atoms with Crippen molar-refractivity contribution >= 4 is 0 Å². The van der Waals surface area contributed by atoms with Crippen molar-refractivity contribution in [1.29, 1.82) is 0 Å². The van der Waals surface area contributed by atoms with Crippen molar-refractivity contribution in [3.05, 3.63) is 25.3 Å². The first-order valence-electron chi connectivity index (χ1n) is 6.86. The molecule has 1 aromatic rings. The second-order valence-corrected chi connectivity index (χ2v) is 4.97. The van der Waals surface area contributed by atoms with Crippen LogP contribution in [0.15, 0.2) is 25.3 Å². The van der Waals surface area contributed by atoms with Gasteiger partial charge in [-0.05, 0) is 12.8 Å². The molecule has 0 fully saturated rings. The van der Waals surface area contributed by atoms with E-state index in [0.29, 0.717) is 13.0 Å². The SMILES string of the molecule is C=CCC(O)(CCCCCCC)Cn1cncn1. The van der Waals surface area contributed by atoms with Gasteiger partial charge in [-0.2, -0.15) is 5.10 Å². The van der Waals surface area contributed by atoms with Crippen LogP contribution in [0.25, 0.3) is 0 Å². The maximum absolute atomic E-state index is 10.6. The average Bonchev–Trinajstić information content (AvgIpc) is 2.81. The van der Waals surface area contributed by atoms with Crippen molar-refractivity contribution in [2.24, 2.45) is 0 Å². The number of unbranched alkanes of at least 4 members (excludes halogenated alkanes) is 4. The lowest BCUT2D eigenvalue weighted by Gasteiger charge is -2.26. The molecule has 1 aromatic heterocycles. The highest BCUT2D eigenvalue weighted by Crippen LogP contribution is 2.22. The lowest BCUT2D eigenvalue weighted by atomic mass is 9.92. The van der Waals surface area contributed by atoms with Gasteiger partial charge in [0.2, 0.25) is 0 Å². The van der Waals surface area contributed by atoms with Crippen LogP contribution in [0, 0.1) is 0 Å². The van der Waals surface area contributed by atoms with E-state index >= 15 is 0 Å². The average molecular weight is 251 g/mol. The van der Waals surface area contributed by atoms with E-state index in [0.717, 1.165) is 12.8 Å². The molecule has 1 atom stereocenters. The van der Waals surface area contributed by atoms with E-state index in [1.165, 1.54) is 32.0 Å². The first-order valence-corrected chi connectivity index (χ1v) is 6.86. The largest absolute Gasteiger partial charge is 0.388 e. The number of aliphatic hydroxyl groups is 1. The summed E-state index contributed by atoms with van der Waals surface area (Å²) in [7, 11) is 0. The van der Waals surface area contributed by atoms with Gasteiger partial charge in [0.15, 0.2) is 0 Å². The van der Waals surface area contributed by atoms with Crippen molar-refractivity contribution in [2.45, 2.75) is 64.0 Å². The first-order chi connectivity index (χ1) is 8.70. The second-order valence-electron chi connectivity index (χ2n) is 4.97. The molecule has 4 nitrogen and oxygen atoms in total. The fraction of sp³-hybridized carbons (Fsp3) is 0.714. The lowest BCUT2D eigenvalue weighted by molar-refractivity contribution is 0.0114. The highest BCUT2D eigenvalue weighted by Gasteiger charge is 2.25. The molecule has 0 saturated carbocycles. The Labute approximate surface area is 110 Å². The third-order valence-electron chi connectivity index (χ3n) is 3.19. The summed E-state index contributed by atoms with van der Waals surface area (Å²) >= 11 is 0. The molecule has 0 bridgehead atoms. The Hall–Kier alpha value is -1.16. The summed E-state index contributed by atoms with van der Waals surface area (Å²) in [6, 6.07) is 0. The van der Waals surface area contributed by atoms with E-state index in [2.05, 4.69) is 23.6 Å². The van der Waals surface area contributed by atoms with E-state index in [-0.39, 0.29) is 0 Å². The predicted octanol–water partition coefficient (Wildman–Crippen LogP) is 2.95. The van der Waals surface area contributed by atoms with Gasteiger partial charge in [-0.3, -0.25) is 4.68 Å². The maximum Gasteiger partial charge on any atom is 0.137 e. The quantitative estimate of drug-likeness (QED) is 0.514. The Kier molecular flexibility index (Phi) is 6.65. The molecule has 0 aliphatic rings. The van der Waals surface area contributed by atoms with Gasteiger partial charge in [0.1, 0.15) is 12.7 Å². The van der Waals surface area contributed by atoms with E-state index in [1.807, 2.05) is 0 Å². The van der Waals surface area contributed by atoms with Crippen molar-refractivity contribution in [2.75, 3.05) is 0 Å². The minimum atomic E-state index is -0.734. The van der Waals surface area contributed by atoms with Crippen LogP contribution in [-0.4, -0.2) is 25.5 Å². The zero-order chi connectivity index (χ0) is 13.3. The molecule has 0 amide bonds. The van der Waals surface area contributed by atoms with Crippen molar-refractivity contribution < 1.29 is 5.11 Å². The number of hydrogen-bond donors (Lipinski definition) is 1. The molecule has 1 N–H and O–H groups in total. The summed E-state index contributed by atoms with van der Waals surface area (Å²) in [5, 5.41) is 14.6. The monoisotopic (exact) mass is 251 g/mol. The fourth-order valence-corrected chi connectivity index (χ4v) is 2.19. The third-order valence-corrected chi connectivity index (χ3v) is 3.19. The Morgan fingerprint density at radius 1 is 1.33 bits per heavy atom. The van der Waals surface area contributed by atoms with Crippen LogP contribution in [-0.2, 0) is 6.54 Å². The predicted molar refractivity (Wildman–Crippen MR) is 73.2 cm³/mol. The zero-order valence-corrected chi connectivity index (χ0v) is 11.4. The molecule has 0 aliphatic heterocycles. The zero-order valence-electron chi connectivity index (χ0n) is 11.4. The summed E-state index contributed by atoms with van der Waals surface area (Å²) < 4.78 is 1.69. The maximum atomic E-state index is 10.6. The summed E-state index contributed by atoms with van der Waals surface area (Å²) in [4.78, 5) is 3.90. The Morgan fingerprint density at radius 2 is 2.11 bits per heavy atom. The molecule has 0 saturated heterocycles. The van der Waals surface area contributed by atoms with Gasteiger partial charge in [-0.25, -0.2) is 4.98 Å². The van der Waals surface area contributed by atoms with Crippen LogP contribution in [0.3, 0.4) is 0 Å². The smallest absolute Gasteiger partial charge is 0.137 e. The Balaban J connectivity index is 2.39. The number of hydrogen-bond acceptors (Lipinski definition) is 3. The van der Waals surface area contributed by atoms with Crippen LogP contribution >= 0.6 is 0 Å². The van der Waals surface area contributed by atoms with Gasteiger partial charge in [0.05, 0.1) is 12.1 Å². The summed E-state index contributed by atoms with van der Waals surface area (Å²) in [5.41, 5.74) is -0.734. The minimum absolute atomic E-state index is 0.493. The molecule has 1 heterocycles. The summed E-state index contributed by atoms with van der Waals surface area (Å²) in [6.45, 7) is 6.43. The highest BCUT2D eigenvalue weighted by atomic mass is 16.3. The number of nitrogens with zero attached hydrogens (tertiary/aromatic N) is 3. The number of rotatable bonds is 10. The molecule has 1 rings (SSSR count). The van der Waals surface area contributed by atoms with Gasteiger partial charge in [0, 0.05) is 0 Å². The van der Waals surface area contributed by atoms with Gasteiger partial charge >= 0.3 is 0 Å².